The summed E-state index contributed by atoms with van der Waals surface area (Å²) in [4.78, 5) is 40.5. The van der Waals surface area contributed by atoms with Gasteiger partial charge in [0.15, 0.2) is 0 Å². The van der Waals surface area contributed by atoms with Gasteiger partial charge in [-0.05, 0) is 24.6 Å². The van der Waals surface area contributed by atoms with Crippen molar-refractivity contribution in [1.29, 1.82) is 0 Å². The fraction of sp³-hybridized carbons (Fsp3) is 0.393. The highest BCUT2D eigenvalue weighted by Gasteiger charge is 2.48. The molecule has 3 aliphatic heterocycles. The standard InChI is InChI=1S/C28H26F3N7O2S/c29-28(30,31)10-19-9-22-23(32-17-33-24(22)41-19)36-6-5-27(16-36)14-35(15-27)12-18-11-34-37(13-18)7-8-38-25(39)20-3-1-2-4-21(20)26(38)40/h1-4,9,11,13,17H,5-8,10,12,14-16H2. The molecule has 3 aromatic heterocycles. The van der Waals surface area contributed by atoms with Gasteiger partial charge in [0.05, 0.1) is 35.7 Å². The molecule has 9 nitrogen and oxygen atoms in total. The normalized spacial score (nSPS) is 18.6. The van der Waals surface area contributed by atoms with Crippen molar-refractivity contribution >= 4 is 39.2 Å². The van der Waals surface area contributed by atoms with Gasteiger partial charge in [-0.2, -0.15) is 18.3 Å². The Morgan fingerprint density at radius 1 is 1.00 bits per heavy atom. The maximum Gasteiger partial charge on any atom is 0.393 e. The molecule has 0 bridgehead atoms. The Balaban J connectivity index is 0.935. The number of alkyl halides is 3. The fourth-order valence-electron chi connectivity index (χ4n) is 6.33. The van der Waals surface area contributed by atoms with Crippen molar-refractivity contribution < 1.29 is 22.8 Å². The van der Waals surface area contributed by atoms with Gasteiger partial charge in [-0.15, -0.1) is 11.3 Å². The van der Waals surface area contributed by atoms with E-state index in [4.69, 9.17) is 0 Å². The van der Waals surface area contributed by atoms with Crippen LogP contribution in [0, 0.1) is 5.41 Å². The first-order valence-electron chi connectivity index (χ1n) is 13.4. The van der Waals surface area contributed by atoms with Crippen LogP contribution in [0.25, 0.3) is 10.2 Å². The van der Waals surface area contributed by atoms with Crippen LogP contribution in [-0.4, -0.2) is 80.3 Å². The monoisotopic (exact) mass is 581 g/mol. The molecule has 4 aromatic rings. The van der Waals surface area contributed by atoms with Crippen LogP contribution in [0.3, 0.4) is 0 Å². The van der Waals surface area contributed by atoms with E-state index in [0.29, 0.717) is 33.7 Å². The summed E-state index contributed by atoms with van der Waals surface area (Å²) in [6, 6.07) is 8.45. The highest BCUT2D eigenvalue weighted by atomic mass is 32.1. The number of hydrogen-bond acceptors (Lipinski definition) is 8. The van der Waals surface area contributed by atoms with E-state index in [1.54, 1.807) is 35.0 Å². The summed E-state index contributed by atoms with van der Waals surface area (Å²) in [6.45, 7) is 4.87. The van der Waals surface area contributed by atoms with Crippen molar-refractivity contribution in [3.05, 3.63) is 70.6 Å². The zero-order chi connectivity index (χ0) is 28.4. The number of thiophene rings is 1. The first kappa shape index (κ1) is 26.1. The van der Waals surface area contributed by atoms with E-state index in [0.717, 1.165) is 56.0 Å². The Morgan fingerprint density at radius 2 is 1.76 bits per heavy atom. The van der Waals surface area contributed by atoms with Gasteiger partial charge in [0.1, 0.15) is 17.0 Å². The number of aromatic nitrogens is 4. The summed E-state index contributed by atoms with van der Waals surface area (Å²) in [5.41, 5.74) is 2.08. The number of carbonyl (C=O) groups excluding carboxylic acids is 2. The smallest absolute Gasteiger partial charge is 0.355 e. The number of halogens is 3. The molecule has 2 saturated heterocycles. The lowest BCUT2D eigenvalue weighted by atomic mass is 9.79. The summed E-state index contributed by atoms with van der Waals surface area (Å²) in [5, 5.41) is 5.12. The molecule has 212 valence electrons. The lowest BCUT2D eigenvalue weighted by Gasteiger charge is -2.48. The summed E-state index contributed by atoms with van der Waals surface area (Å²) in [7, 11) is 0. The molecule has 0 N–H and O–H groups in total. The summed E-state index contributed by atoms with van der Waals surface area (Å²) in [6.07, 6.45) is 1.00. The maximum atomic E-state index is 12.9. The van der Waals surface area contributed by atoms with Crippen molar-refractivity contribution in [3.8, 4) is 0 Å². The molecular weight excluding hydrogens is 555 g/mol. The summed E-state index contributed by atoms with van der Waals surface area (Å²) in [5.74, 6) is 0.185. The van der Waals surface area contributed by atoms with Crippen molar-refractivity contribution in [2.45, 2.75) is 32.1 Å². The van der Waals surface area contributed by atoms with Crippen LogP contribution in [0.2, 0.25) is 0 Å². The van der Waals surface area contributed by atoms with Crippen LogP contribution in [0.15, 0.2) is 49.1 Å². The predicted molar refractivity (Wildman–Crippen MR) is 146 cm³/mol. The van der Waals surface area contributed by atoms with E-state index in [-0.39, 0.29) is 28.7 Å². The fourth-order valence-corrected chi connectivity index (χ4v) is 7.35. The molecule has 41 heavy (non-hydrogen) atoms. The van der Waals surface area contributed by atoms with Crippen molar-refractivity contribution in [2.75, 3.05) is 37.6 Å². The first-order valence-corrected chi connectivity index (χ1v) is 14.2. The molecule has 1 aromatic carbocycles. The SMILES string of the molecule is O=C1c2ccccc2C(=O)N1CCn1cc(CN2CC3(CCN(c4ncnc5sc(CC(F)(F)F)cc45)C3)C2)cn1. The zero-order valence-electron chi connectivity index (χ0n) is 22.0. The quantitative estimate of drug-likeness (QED) is 0.305. The second-order valence-corrected chi connectivity index (χ2v) is 12.3. The van der Waals surface area contributed by atoms with Crippen LogP contribution >= 0.6 is 11.3 Å². The number of benzene rings is 1. The molecule has 3 aliphatic rings. The van der Waals surface area contributed by atoms with Gasteiger partial charge in [-0.1, -0.05) is 12.1 Å². The minimum Gasteiger partial charge on any atom is -0.355 e. The van der Waals surface area contributed by atoms with Gasteiger partial charge in [-0.25, -0.2) is 9.97 Å². The second-order valence-electron chi connectivity index (χ2n) is 11.2. The maximum absolute atomic E-state index is 12.9. The highest BCUT2D eigenvalue weighted by Crippen LogP contribution is 2.43. The molecule has 0 aliphatic carbocycles. The first-order chi connectivity index (χ1) is 19.7. The van der Waals surface area contributed by atoms with Crippen molar-refractivity contribution in [2.24, 2.45) is 5.41 Å². The Hall–Kier alpha value is -3.84. The summed E-state index contributed by atoms with van der Waals surface area (Å²) < 4.78 is 40.5. The van der Waals surface area contributed by atoms with Crippen LogP contribution in [0.5, 0.6) is 0 Å². The Labute approximate surface area is 237 Å². The van der Waals surface area contributed by atoms with Crippen LogP contribution in [0.4, 0.5) is 19.0 Å². The van der Waals surface area contributed by atoms with Crippen LogP contribution in [-0.2, 0) is 19.5 Å². The van der Waals surface area contributed by atoms with Crippen molar-refractivity contribution in [3.63, 3.8) is 0 Å². The molecule has 2 fully saturated rings. The number of anilines is 1. The lowest BCUT2D eigenvalue weighted by Crippen LogP contribution is -2.56. The van der Waals surface area contributed by atoms with Gasteiger partial charge >= 0.3 is 6.18 Å². The molecule has 0 atom stereocenters. The van der Waals surface area contributed by atoms with E-state index in [2.05, 4.69) is 24.9 Å². The number of rotatable bonds is 7. The molecule has 0 saturated carbocycles. The number of nitrogens with zero attached hydrogens (tertiary/aromatic N) is 7. The van der Waals surface area contributed by atoms with E-state index in [1.165, 1.54) is 11.2 Å². The van der Waals surface area contributed by atoms with Crippen molar-refractivity contribution in [1.82, 2.24) is 29.5 Å². The molecular formula is C28H26F3N7O2S. The number of fused-ring (bicyclic) bond motifs is 2. The van der Waals surface area contributed by atoms with Gasteiger partial charge in [0, 0.05) is 61.3 Å². The minimum atomic E-state index is -4.25. The third-order valence-electron chi connectivity index (χ3n) is 8.11. The topological polar surface area (TPSA) is 87.5 Å². The molecule has 13 heteroatoms. The van der Waals surface area contributed by atoms with E-state index >= 15 is 0 Å². The van der Waals surface area contributed by atoms with Gasteiger partial charge < -0.3 is 4.90 Å². The molecule has 7 rings (SSSR count). The lowest BCUT2D eigenvalue weighted by molar-refractivity contribution is -0.126. The van der Waals surface area contributed by atoms with E-state index < -0.39 is 12.6 Å². The summed E-state index contributed by atoms with van der Waals surface area (Å²) >= 11 is 1.08. The minimum absolute atomic E-state index is 0.129. The van der Waals surface area contributed by atoms with Gasteiger partial charge in [-0.3, -0.25) is 24.1 Å². The third-order valence-corrected chi connectivity index (χ3v) is 9.16. The average Bonchev–Trinajstić information content (AvgIpc) is 3.68. The van der Waals surface area contributed by atoms with Crippen LogP contribution < -0.4 is 4.90 Å². The molecule has 6 heterocycles. The molecule has 1 spiro atoms. The predicted octanol–water partition coefficient (Wildman–Crippen LogP) is 4.00. The number of imide groups is 1. The molecule has 0 unspecified atom stereocenters. The largest absolute Gasteiger partial charge is 0.393 e. The number of hydrogen-bond donors (Lipinski definition) is 0. The zero-order valence-corrected chi connectivity index (χ0v) is 22.8. The van der Waals surface area contributed by atoms with Gasteiger partial charge in [0.2, 0.25) is 0 Å². The number of amides is 2. The second kappa shape index (κ2) is 9.62. The number of carbonyl (C=O) groups is 2. The van der Waals surface area contributed by atoms with E-state index in [9.17, 15) is 22.8 Å². The van der Waals surface area contributed by atoms with Crippen LogP contribution in [0.1, 0.15) is 37.6 Å². The molecule has 0 radical (unpaired) electrons. The van der Waals surface area contributed by atoms with Gasteiger partial charge in [0.25, 0.3) is 11.8 Å². The number of likely N-dealkylation sites (tertiary alicyclic amines) is 1. The Kier molecular flexibility index (Phi) is 6.12. The third kappa shape index (κ3) is 4.86. The highest BCUT2D eigenvalue weighted by molar-refractivity contribution is 7.18. The molecule has 2 amide bonds. The Morgan fingerprint density at radius 3 is 2.49 bits per heavy atom. The average molecular weight is 582 g/mol. The Bertz CT molecular complexity index is 1620. The van der Waals surface area contributed by atoms with E-state index in [1.807, 2.05) is 12.4 Å².